The van der Waals surface area contributed by atoms with Crippen LogP contribution in [0.15, 0.2) is 66.3 Å². The van der Waals surface area contributed by atoms with Crippen molar-refractivity contribution in [2.45, 2.75) is 13.5 Å². The number of hydrogen-bond donors (Lipinski definition) is 0. The molecule has 0 saturated heterocycles. The van der Waals surface area contributed by atoms with Gasteiger partial charge in [0.1, 0.15) is 0 Å². The third-order valence-electron chi connectivity index (χ3n) is 3.09. The summed E-state index contributed by atoms with van der Waals surface area (Å²) in [6.45, 7) is 4.19. The van der Waals surface area contributed by atoms with Crippen LogP contribution in [0.3, 0.4) is 0 Å². The van der Waals surface area contributed by atoms with Crippen molar-refractivity contribution in [1.29, 1.82) is 0 Å². The molecule has 1 aromatic carbocycles. The van der Waals surface area contributed by atoms with Crippen LogP contribution in [0.5, 0.6) is 0 Å². The van der Waals surface area contributed by atoms with E-state index in [4.69, 9.17) is 0 Å². The molecule has 0 N–H and O–H groups in total. The summed E-state index contributed by atoms with van der Waals surface area (Å²) in [6, 6.07) is 10.6. The highest BCUT2D eigenvalue weighted by Crippen LogP contribution is 2.11. The third kappa shape index (κ3) is 4.01. The maximum absolute atomic E-state index is 2.34. The molecule has 1 nitrogen and oxygen atoms in total. The highest BCUT2D eigenvalue weighted by atomic mass is 15.1. The highest BCUT2D eigenvalue weighted by Gasteiger charge is 2.03. The molecule has 0 aliphatic heterocycles. The van der Waals surface area contributed by atoms with Crippen molar-refractivity contribution in [2.24, 2.45) is 5.92 Å². The summed E-state index contributed by atoms with van der Waals surface area (Å²) in [5.74, 6) is 0.540. The van der Waals surface area contributed by atoms with Gasteiger partial charge < -0.3 is 0 Å². The summed E-state index contributed by atoms with van der Waals surface area (Å²) < 4.78 is 0. The van der Waals surface area contributed by atoms with Gasteiger partial charge in [0.25, 0.3) is 0 Å². The van der Waals surface area contributed by atoms with Gasteiger partial charge in [-0.1, -0.05) is 67.6 Å². The molecule has 1 heteroatoms. The molecule has 1 aliphatic carbocycles. The van der Waals surface area contributed by atoms with Crippen LogP contribution in [0.25, 0.3) is 0 Å². The van der Waals surface area contributed by atoms with Crippen molar-refractivity contribution in [1.82, 2.24) is 4.90 Å². The van der Waals surface area contributed by atoms with Crippen LogP contribution >= 0.6 is 0 Å². The third-order valence-corrected chi connectivity index (χ3v) is 3.09. The SMILES string of the molecule is CC1C=CC=C(CN(C)Cc2ccccc2)C=C1. The number of benzene rings is 1. The average Bonchev–Trinajstić information content (AvgIpc) is 2.56. The second-order valence-corrected chi connectivity index (χ2v) is 5.00. The smallest absolute Gasteiger partial charge is 0.0234 e. The van der Waals surface area contributed by atoms with Crippen molar-refractivity contribution in [3.05, 3.63) is 71.8 Å². The molecule has 94 valence electrons. The predicted molar refractivity (Wildman–Crippen MR) is 78.3 cm³/mol. The summed E-state index contributed by atoms with van der Waals surface area (Å²) >= 11 is 0. The van der Waals surface area contributed by atoms with Crippen molar-refractivity contribution in [3.63, 3.8) is 0 Å². The Balaban J connectivity index is 1.92. The van der Waals surface area contributed by atoms with Crippen LogP contribution in [0.1, 0.15) is 12.5 Å². The molecule has 0 saturated carbocycles. The number of allylic oxidation sites excluding steroid dienone is 4. The molecule has 1 aliphatic rings. The quantitative estimate of drug-likeness (QED) is 0.772. The van der Waals surface area contributed by atoms with Gasteiger partial charge in [-0.15, -0.1) is 0 Å². The van der Waals surface area contributed by atoms with Crippen LogP contribution in [-0.2, 0) is 6.54 Å². The Hall–Kier alpha value is -1.60. The first-order valence-electron chi connectivity index (χ1n) is 6.52. The normalized spacial score (nSPS) is 18.8. The number of rotatable bonds is 4. The van der Waals surface area contributed by atoms with Crippen LogP contribution in [0.4, 0.5) is 0 Å². The average molecular weight is 239 g/mol. The molecule has 0 bridgehead atoms. The molecule has 0 fully saturated rings. The minimum absolute atomic E-state index is 0.540. The first-order valence-corrected chi connectivity index (χ1v) is 6.52. The van der Waals surface area contributed by atoms with Crippen LogP contribution in [-0.4, -0.2) is 18.5 Å². The van der Waals surface area contributed by atoms with E-state index in [2.05, 4.69) is 79.6 Å². The van der Waals surface area contributed by atoms with Crippen molar-refractivity contribution >= 4 is 0 Å². The summed E-state index contributed by atoms with van der Waals surface area (Å²) in [4.78, 5) is 2.34. The minimum atomic E-state index is 0.540. The molecule has 1 atom stereocenters. The molecular weight excluding hydrogens is 218 g/mol. The number of likely N-dealkylation sites (N-methyl/N-ethyl adjacent to an activating group) is 1. The summed E-state index contributed by atoms with van der Waals surface area (Å²) in [6.07, 6.45) is 11.1. The molecule has 0 amide bonds. The second-order valence-electron chi connectivity index (χ2n) is 5.00. The fraction of sp³-hybridized carbons (Fsp3) is 0.294. The van der Waals surface area contributed by atoms with E-state index in [-0.39, 0.29) is 0 Å². The zero-order valence-electron chi connectivity index (χ0n) is 11.2. The van der Waals surface area contributed by atoms with Gasteiger partial charge in [0.15, 0.2) is 0 Å². The van der Waals surface area contributed by atoms with E-state index < -0.39 is 0 Å². The van der Waals surface area contributed by atoms with Crippen molar-refractivity contribution in [3.8, 4) is 0 Å². The Morgan fingerprint density at radius 2 is 1.83 bits per heavy atom. The fourth-order valence-electron chi connectivity index (χ4n) is 2.12. The van der Waals surface area contributed by atoms with Crippen LogP contribution < -0.4 is 0 Å². The fourth-order valence-corrected chi connectivity index (χ4v) is 2.12. The topological polar surface area (TPSA) is 3.24 Å². The van der Waals surface area contributed by atoms with Gasteiger partial charge >= 0.3 is 0 Å². The molecule has 0 heterocycles. The first-order chi connectivity index (χ1) is 8.74. The Morgan fingerprint density at radius 3 is 2.61 bits per heavy atom. The van der Waals surface area contributed by atoms with Gasteiger partial charge in [0, 0.05) is 13.1 Å². The van der Waals surface area contributed by atoms with Gasteiger partial charge in [-0.3, -0.25) is 4.90 Å². The van der Waals surface area contributed by atoms with Crippen LogP contribution in [0, 0.1) is 5.92 Å². The predicted octanol–water partition coefficient (Wildman–Crippen LogP) is 3.81. The first kappa shape index (κ1) is 12.8. The zero-order valence-corrected chi connectivity index (χ0v) is 11.2. The summed E-state index contributed by atoms with van der Waals surface area (Å²) in [5, 5.41) is 0. The number of hydrogen-bond acceptors (Lipinski definition) is 1. The molecule has 2 rings (SSSR count). The van der Waals surface area contributed by atoms with E-state index in [9.17, 15) is 0 Å². The molecule has 0 radical (unpaired) electrons. The van der Waals surface area contributed by atoms with E-state index in [1.165, 1.54) is 11.1 Å². The maximum atomic E-state index is 2.34. The minimum Gasteiger partial charge on any atom is -0.298 e. The summed E-state index contributed by atoms with van der Waals surface area (Å²) in [5.41, 5.74) is 2.73. The molecule has 0 aromatic heterocycles. The standard InChI is InChI=1S/C17H21N/c1-15-7-6-10-17(12-11-15)14-18(2)13-16-8-4-3-5-9-16/h3-12,15H,13-14H2,1-2H3. The van der Waals surface area contributed by atoms with E-state index in [1.807, 2.05) is 0 Å². The Bertz CT molecular complexity index is 454. The lowest BCUT2D eigenvalue weighted by atomic mass is 10.1. The van der Waals surface area contributed by atoms with E-state index in [0.717, 1.165) is 13.1 Å². The molecule has 1 unspecified atom stereocenters. The van der Waals surface area contributed by atoms with Gasteiger partial charge in [0.05, 0.1) is 0 Å². The molecule has 18 heavy (non-hydrogen) atoms. The van der Waals surface area contributed by atoms with Crippen molar-refractivity contribution < 1.29 is 0 Å². The van der Waals surface area contributed by atoms with E-state index >= 15 is 0 Å². The zero-order chi connectivity index (χ0) is 12.8. The van der Waals surface area contributed by atoms with Gasteiger partial charge in [0.2, 0.25) is 0 Å². The second kappa shape index (κ2) is 6.36. The molecule has 0 spiro atoms. The number of nitrogens with zero attached hydrogens (tertiary/aromatic N) is 1. The Labute approximate surface area is 110 Å². The van der Waals surface area contributed by atoms with E-state index in [0.29, 0.717) is 5.92 Å². The Kier molecular flexibility index (Phi) is 4.54. The molecular formula is C17H21N. The van der Waals surface area contributed by atoms with Crippen LogP contribution in [0.2, 0.25) is 0 Å². The lowest BCUT2D eigenvalue weighted by Gasteiger charge is -2.17. The monoisotopic (exact) mass is 239 g/mol. The van der Waals surface area contributed by atoms with Crippen molar-refractivity contribution in [2.75, 3.05) is 13.6 Å². The van der Waals surface area contributed by atoms with Gasteiger partial charge in [-0.05, 0) is 24.1 Å². The lowest BCUT2D eigenvalue weighted by Crippen LogP contribution is -2.20. The lowest BCUT2D eigenvalue weighted by molar-refractivity contribution is 0.358. The largest absolute Gasteiger partial charge is 0.298 e. The Morgan fingerprint density at radius 1 is 1.06 bits per heavy atom. The highest BCUT2D eigenvalue weighted by molar-refractivity contribution is 5.29. The van der Waals surface area contributed by atoms with E-state index in [1.54, 1.807) is 0 Å². The van der Waals surface area contributed by atoms with Gasteiger partial charge in [-0.2, -0.15) is 0 Å². The maximum Gasteiger partial charge on any atom is 0.0234 e. The molecule has 1 aromatic rings. The van der Waals surface area contributed by atoms with Gasteiger partial charge in [-0.25, -0.2) is 0 Å². The summed E-state index contributed by atoms with van der Waals surface area (Å²) in [7, 11) is 2.17.